The predicted molar refractivity (Wildman–Crippen MR) is 83.9 cm³/mol. The summed E-state index contributed by atoms with van der Waals surface area (Å²) in [5, 5.41) is 12.0. The summed E-state index contributed by atoms with van der Waals surface area (Å²) < 4.78 is 0. The van der Waals surface area contributed by atoms with Crippen LogP contribution in [0.5, 0.6) is 0 Å². The van der Waals surface area contributed by atoms with Crippen LogP contribution < -0.4 is 5.32 Å². The van der Waals surface area contributed by atoms with Crippen LogP contribution in [0.3, 0.4) is 0 Å². The normalized spacial score (nSPS) is 12.4. The van der Waals surface area contributed by atoms with E-state index in [1.165, 1.54) is 5.71 Å². The van der Waals surface area contributed by atoms with Crippen LogP contribution in [0.1, 0.15) is 40.0 Å². The molecular formula is C14H30N2OS. The van der Waals surface area contributed by atoms with Crippen LogP contribution in [0.25, 0.3) is 0 Å². The number of nitrogens with zero attached hydrogens (tertiary/aromatic N) is 1. The van der Waals surface area contributed by atoms with Gasteiger partial charge in [-0.1, -0.05) is 13.8 Å². The third kappa shape index (κ3) is 14.0. The Hall–Kier alpha value is -0.0600. The molecule has 0 radical (unpaired) electrons. The second kappa shape index (κ2) is 13.4. The summed E-state index contributed by atoms with van der Waals surface area (Å²) in [7, 11) is 0. The summed E-state index contributed by atoms with van der Waals surface area (Å²) in [4.78, 5) is 4.54. The summed E-state index contributed by atoms with van der Waals surface area (Å²) in [6.07, 6.45) is 3.17. The maximum Gasteiger partial charge on any atom is 0.0513 e. The Labute approximate surface area is 117 Å². The van der Waals surface area contributed by atoms with E-state index in [1.807, 2.05) is 11.8 Å². The molecule has 0 aromatic rings. The molecule has 0 fully saturated rings. The number of unbranched alkanes of at least 4 members (excludes halogenated alkanes) is 1. The Bertz CT molecular complexity index is 208. The van der Waals surface area contributed by atoms with Gasteiger partial charge in [0, 0.05) is 31.2 Å². The van der Waals surface area contributed by atoms with E-state index in [0.717, 1.165) is 50.4 Å². The van der Waals surface area contributed by atoms with Crippen molar-refractivity contribution < 1.29 is 5.11 Å². The number of hydrogen-bond donors (Lipinski definition) is 2. The van der Waals surface area contributed by atoms with Gasteiger partial charge in [-0.2, -0.15) is 11.8 Å². The Morgan fingerprint density at radius 1 is 1.22 bits per heavy atom. The molecule has 0 bridgehead atoms. The average molecular weight is 274 g/mol. The van der Waals surface area contributed by atoms with Gasteiger partial charge in [-0.05, 0) is 37.9 Å². The maximum atomic E-state index is 8.63. The lowest BCUT2D eigenvalue weighted by Crippen LogP contribution is -2.21. The second-order valence-electron chi connectivity index (χ2n) is 5.01. The number of aliphatic hydroxyl groups is 1. The van der Waals surface area contributed by atoms with Crippen molar-refractivity contribution in [2.45, 2.75) is 40.0 Å². The summed E-state index contributed by atoms with van der Waals surface area (Å²) in [6, 6.07) is 0. The molecular weight excluding hydrogens is 244 g/mol. The minimum Gasteiger partial charge on any atom is -0.396 e. The second-order valence-corrected chi connectivity index (χ2v) is 6.23. The standard InChI is InChI=1S/C14H30N2OS/c1-13(2)12-14(3)16-7-6-15-8-11-18-10-5-4-9-17/h13,15,17H,4-12H2,1-3H3. The molecule has 2 N–H and O–H groups in total. The minimum absolute atomic E-state index is 0.326. The van der Waals surface area contributed by atoms with E-state index in [-0.39, 0.29) is 0 Å². The van der Waals surface area contributed by atoms with Crippen LogP contribution in [-0.4, -0.2) is 48.6 Å². The Morgan fingerprint density at radius 3 is 2.67 bits per heavy atom. The maximum absolute atomic E-state index is 8.63. The first-order valence-corrected chi connectivity index (χ1v) is 8.21. The summed E-state index contributed by atoms with van der Waals surface area (Å²) >= 11 is 1.96. The van der Waals surface area contributed by atoms with Gasteiger partial charge in [0.2, 0.25) is 0 Å². The highest BCUT2D eigenvalue weighted by Gasteiger charge is 1.96. The van der Waals surface area contributed by atoms with Crippen LogP contribution in [0, 0.1) is 5.92 Å². The van der Waals surface area contributed by atoms with Gasteiger partial charge in [-0.25, -0.2) is 0 Å². The lowest BCUT2D eigenvalue weighted by Gasteiger charge is -2.05. The molecule has 0 amide bonds. The zero-order chi connectivity index (χ0) is 13.6. The van der Waals surface area contributed by atoms with E-state index in [9.17, 15) is 0 Å². The highest BCUT2D eigenvalue weighted by Crippen LogP contribution is 2.03. The van der Waals surface area contributed by atoms with Crippen molar-refractivity contribution in [1.29, 1.82) is 0 Å². The fourth-order valence-electron chi connectivity index (χ4n) is 1.67. The first kappa shape index (κ1) is 17.9. The lowest BCUT2D eigenvalue weighted by molar-refractivity contribution is 0.287. The average Bonchev–Trinajstić information content (AvgIpc) is 2.30. The quantitative estimate of drug-likeness (QED) is 0.425. The van der Waals surface area contributed by atoms with E-state index < -0.39 is 0 Å². The van der Waals surface area contributed by atoms with Crippen molar-refractivity contribution in [3.05, 3.63) is 0 Å². The highest BCUT2D eigenvalue weighted by molar-refractivity contribution is 7.99. The van der Waals surface area contributed by atoms with Gasteiger partial charge in [0.15, 0.2) is 0 Å². The molecule has 0 aliphatic carbocycles. The van der Waals surface area contributed by atoms with Crippen LogP contribution >= 0.6 is 11.8 Å². The Balaban J connectivity index is 3.20. The third-order valence-electron chi connectivity index (χ3n) is 2.49. The first-order valence-electron chi connectivity index (χ1n) is 7.06. The molecule has 18 heavy (non-hydrogen) atoms. The van der Waals surface area contributed by atoms with Gasteiger partial charge in [0.1, 0.15) is 0 Å². The molecule has 0 aromatic carbocycles. The fourth-order valence-corrected chi connectivity index (χ4v) is 2.57. The molecule has 108 valence electrons. The molecule has 0 aliphatic heterocycles. The molecule has 0 rings (SSSR count). The summed E-state index contributed by atoms with van der Waals surface area (Å²) in [5.74, 6) is 3.02. The van der Waals surface area contributed by atoms with Crippen molar-refractivity contribution >= 4 is 17.5 Å². The largest absolute Gasteiger partial charge is 0.396 e. The predicted octanol–water partition coefficient (Wildman–Crippen LogP) is 2.59. The van der Waals surface area contributed by atoms with E-state index >= 15 is 0 Å². The van der Waals surface area contributed by atoms with Crippen LogP contribution in [-0.2, 0) is 0 Å². The number of hydrogen-bond acceptors (Lipinski definition) is 4. The summed E-state index contributed by atoms with van der Waals surface area (Å²) in [6.45, 7) is 9.84. The van der Waals surface area contributed by atoms with Crippen molar-refractivity contribution in [2.75, 3.05) is 37.7 Å². The lowest BCUT2D eigenvalue weighted by atomic mass is 10.1. The van der Waals surface area contributed by atoms with Crippen molar-refractivity contribution in [2.24, 2.45) is 10.9 Å². The highest BCUT2D eigenvalue weighted by atomic mass is 32.2. The monoisotopic (exact) mass is 274 g/mol. The van der Waals surface area contributed by atoms with Gasteiger partial charge in [-0.15, -0.1) is 0 Å². The number of thioether (sulfide) groups is 1. The Kier molecular flexibility index (Phi) is 13.3. The topological polar surface area (TPSA) is 44.6 Å². The van der Waals surface area contributed by atoms with Crippen molar-refractivity contribution in [1.82, 2.24) is 5.32 Å². The van der Waals surface area contributed by atoms with Gasteiger partial charge >= 0.3 is 0 Å². The van der Waals surface area contributed by atoms with Gasteiger partial charge in [0.25, 0.3) is 0 Å². The van der Waals surface area contributed by atoms with Crippen LogP contribution in [0.15, 0.2) is 4.99 Å². The van der Waals surface area contributed by atoms with E-state index in [2.05, 4.69) is 31.1 Å². The number of aliphatic imine (C=N–C) groups is 1. The van der Waals surface area contributed by atoms with Crippen LogP contribution in [0.2, 0.25) is 0 Å². The smallest absolute Gasteiger partial charge is 0.0513 e. The summed E-state index contributed by atoms with van der Waals surface area (Å²) in [5.41, 5.74) is 1.27. The molecule has 4 heteroatoms. The molecule has 0 aromatic heterocycles. The molecule has 0 saturated heterocycles. The Morgan fingerprint density at radius 2 is 2.00 bits per heavy atom. The zero-order valence-electron chi connectivity index (χ0n) is 12.2. The molecule has 0 spiro atoms. The number of nitrogens with one attached hydrogen (secondary N) is 1. The van der Waals surface area contributed by atoms with Crippen molar-refractivity contribution in [3.8, 4) is 0 Å². The molecule has 0 aliphatic rings. The van der Waals surface area contributed by atoms with Crippen LogP contribution in [0.4, 0.5) is 0 Å². The number of aliphatic hydroxyl groups excluding tert-OH is 1. The van der Waals surface area contributed by atoms with Gasteiger partial charge in [-0.3, -0.25) is 4.99 Å². The van der Waals surface area contributed by atoms with Crippen molar-refractivity contribution in [3.63, 3.8) is 0 Å². The van der Waals surface area contributed by atoms with Gasteiger partial charge < -0.3 is 10.4 Å². The molecule has 3 nitrogen and oxygen atoms in total. The van der Waals surface area contributed by atoms with E-state index in [1.54, 1.807) is 0 Å². The van der Waals surface area contributed by atoms with E-state index in [4.69, 9.17) is 5.11 Å². The molecule has 0 atom stereocenters. The van der Waals surface area contributed by atoms with E-state index in [0.29, 0.717) is 12.5 Å². The fraction of sp³-hybridized carbons (Fsp3) is 0.929. The minimum atomic E-state index is 0.326. The zero-order valence-corrected chi connectivity index (χ0v) is 13.1. The third-order valence-corrected chi connectivity index (χ3v) is 3.56. The van der Waals surface area contributed by atoms with Gasteiger partial charge in [0.05, 0.1) is 6.54 Å². The molecule has 0 heterocycles. The first-order chi connectivity index (χ1) is 8.66. The SMILES string of the molecule is CC(CC(C)C)=NCCNCCSCCCCO. The molecule has 0 saturated carbocycles. The molecule has 0 unspecified atom stereocenters. The number of rotatable bonds is 12.